The Morgan fingerprint density at radius 2 is 1.43 bits per heavy atom. The van der Waals surface area contributed by atoms with Crippen LogP contribution in [0.25, 0.3) is 0 Å². The van der Waals surface area contributed by atoms with Gasteiger partial charge in [0.1, 0.15) is 6.61 Å². The molecule has 7 heteroatoms. The van der Waals surface area contributed by atoms with Crippen LogP contribution in [0.3, 0.4) is 0 Å². The molecule has 23 heavy (non-hydrogen) atoms. The van der Waals surface area contributed by atoms with Crippen LogP contribution in [0.1, 0.15) is 25.5 Å². The second kappa shape index (κ2) is 11.1. The second-order valence-electron chi connectivity index (χ2n) is 4.77. The van der Waals surface area contributed by atoms with Crippen LogP contribution in [0.15, 0.2) is 30.3 Å². The maximum Gasteiger partial charge on any atom is 0.340 e. The summed E-state index contributed by atoms with van der Waals surface area (Å²) in [7, 11) is 0. The summed E-state index contributed by atoms with van der Waals surface area (Å²) >= 11 is 0. The molecule has 3 unspecified atom stereocenters. The molecule has 0 amide bonds. The van der Waals surface area contributed by atoms with E-state index in [9.17, 15) is 4.79 Å². The van der Waals surface area contributed by atoms with Gasteiger partial charge in [0.25, 0.3) is 0 Å². The van der Waals surface area contributed by atoms with E-state index in [0.29, 0.717) is 5.56 Å². The number of rotatable bonds is 11. The average molecular weight is 328 g/mol. The molecule has 1 aromatic rings. The Bertz CT molecular complexity index is 433. The molecule has 2 N–H and O–H groups in total. The van der Waals surface area contributed by atoms with Crippen LogP contribution in [-0.2, 0) is 23.7 Å². The van der Waals surface area contributed by atoms with E-state index in [1.807, 2.05) is 6.07 Å². The molecule has 0 aliphatic heterocycles. The van der Waals surface area contributed by atoms with E-state index in [4.69, 9.17) is 29.2 Å². The second-order valence-corrected chi connectivity index (χ2v) is 4.77. The van der Waals surface area contributed by atoms with Gasteiger partial charge in [-0.1, -0.05) is 30.3 Å². The molecule has 0 fully saturated rings. The Labute approximate surface area is 135 Å². The molecule has 0 saturated heterocycles. The van der Waals surface area contributed by atoms with Gasteiger partial charge in [-0.05, 0) is 19.4 Å². The van der Waals surface area contributed by atoms with Crippen molar-refractivity contribution in [2.45, 2.75) is 32.5 Å². The Kier molecular flexibility index (Phi) is 9.42. The minimum absolute atomic E-state index is 0.0145. The fourth-order valence-electron chi connectivity index (χ4n) is 1.75. The Morgan fingerprint density at radius 1 is 0.913 bits per heavy atom. The lowest BCUT2D eigenvalue weighted by atomic mass is 10.1. The zero-order valence-electron chi connectivity index (χ0n) is 13.4. The van der Waals surface area contributed by atoms with Gasteiger partial charge in [0, 0.05) is 0 Å². The number of hydrogen-bond acceptors (Lipinski definition) is 7. The first-order valence-electron chi connectivity index (χ1n) is 7.43. The van der Waals surface area contributed by atoms with Crippen LogP contribution < -0.4 is 0 Å². The standard InChI is InChI=1S/C16H24O7/c1-12(17)20-8-10-22-15(14-6-4-3-5-7-14)16(19)23-11-9-21-13(2)18/h3-7,12-13,15,17-18H,8-11H2,1-2H3. The van der Waals surface area contributed by atoms with Crippen molar-refractivity contribution in [1.29, 1.82) is 0 Å². The van der Waals surface area contributed by atoms with Crippen LogP contribution in [0.4, 0.5) is 0 Å². The van der Waals surface area contributed by atoms with Gasteiger partial charge in [0.05, 0.1) is 19.8 Å². The molecule has 130 valence electrons. The monoisotopic (exact) mass is 328 g/mol. The quantitative estimate of drug-likeness (QED) is 0.355. The fraction of sp³-hybridized carbons (Fsp3) is 0.562. The van der Waals surface area contributed by atoms with Crippen molar-refractivity contribution in [3.05, 3.63) is 35.9 Å². The number of aliphatic hydroxyl groups excluding tert-OH is 2. The molecular weight excluding hydrogens is 304 g/mol. The molecule has 0 spiro atoms. The third-order valence-corrected chi connectivity index (χ3v) is 2.73. The third-order valence-electron chi connectivity index (χ3n) is 2.73. The lowest BCUT2D eigenvalue weighted by Gasteiger charge is -2.18. The van der Waals surface area contributed by atoms with Gasteiger partial charge in [-0.3, -0.25) is 0 Å². The summed E-state index contributed by atoms with van der Waals surface area (Å²) < 4.78 is 20.5. The predicted molar refractivity (Wildman–Crippen MR) is 81.4 cm³/mol. The smallest absolute Gasteiger partial charge is 0.340 e. The number of carbonyl (C=O) groups excluding carboxylic acids is 1. The summed E-state index contributed by atoms with van der Waals surface area (Å²) in [5.41, 5.74) is 0.658. The predicted octanol–water partition coefficient (Wildman–Crippen LogP) is 0.997. The first kappa shape index (κ1) is 19.5. The molecule has 1 aromatic carbocycles. The maximum absolute atomic E-state index is 12.2. The molecule has 7 nitrogen and oxygen atoms in total. The van der Waals surface area contributed by atoms with Crippen molar-refractivity contribution in [1.82, 2.24) is 0 Å². The largest absolute Gasteiger partial charge is 0.461 e. The van der Waals surface area contributed by atoms with Crippen molar-refractivity contribution >= 4 is 5.97 Å². The first-order valence-corrected chi connectivity index (χ1v) is 7.43. The van der Waals surface area contributed by atoms with Crippen LogP contribution in [0.5, 0.6) is 0 Å². The van der Waals surface area contributed by atoms with E-state index < -0.39 is 24.7 Å². The van der Waals surface area contributed by atoms with E-state index in [2.05, 4.69) is 0 Å². The van der Waals surface area contributed by atoms with Crippen LogP contribution in [0.2, 0.25) is 0 Å². The number of aliphatic hydroxyl groups is 2. The number of hydrogen-bond donors (Lipinski definition) is 2. The van der Waals surface area contributed by atoms with Gasteiger partial charge in [-0.15, -0.1) is 0 Å². The van der Waals surface area contributed by atoms with Crippen molar-refractivity contribution in [2.24, 2.45) is 0 Å². The summed E-state index contributed by atoms with van der Waals surface area (Å²) in [6.07, 6.45) is -2.69. The van der Waals surface area contributed by atoms with Gasteiger partial charge in [0.15, 0.2) is 18.7 Å². The number of esters is 1. The number of benzene rings is 1. The summed E-state index contributed by atoms with van der Waals surface area (Å²) in [5.74, 6) is -0.553. The van der Waals surface area contributed by atoms with Gasteiger partial charge in [-0.25, -0.2) is 4.79 Å². The molecule has 0 aliphatic rings. The van der Waals surface area contributed by atoms with E-state index in [1.54, 1.807) is 24.3 Å². The van der Waals surface area contributed by atoms with E-state index in [1.165, 1.54) is 13.8 Å². The van der Waals surface area contributed by atoms with Crippen LogP contribution in [-0.4, -0.2) is 55.2 Å². The van der Waals surface area contributed by atoms with E-state index in [0.717, 1.165) is 0 Å². The highest BCUT2D eigenvalue weighted by atomic mass is 16.6. The summed E-state index contributed by atoms with van der Waals surface area (Å²) in [5, 5.41) is 18.0. The van der Waals surface area contributed by atoms with Crippen molar-refractivity contribution in [3.63, 3.8) is 0 Å². The molecule has 0 radical (unpaired) electrons. The van der Waals surface area contributed by atoms with E-state index in [-0.39, 0.29) is 26.4 Å². The zero-order valence-corrected chi connectivity index (χ0v) is 13.4. The zero-order chi connectivity index (χ0) is 17.1. The minimum atomic E-state index is -0.910. The molecule has 3 atom stereocenters. The van der Waals surface area contributed by atoms with E-state index >= 15 is 0 Å². The third kappa shape index (κ3) is 8.63. The van der Waals surface area contributed by atoms with Crippen molar-refractivity contribution in [2.75, 3.05) is 26.4 Å². The lowest BCUT2D eigenvalue weighted by Crippen LogP contribution is -2.23. The molecular formula is C16H24O7. The Hall–Kier alpha value is -1.51. The summed E-state index contributed by atoms with van der Waals surface area (Å²) in [4.78, 5) is 12.2. The fourth-order valence-corrected chi connectivity index (χ4v) is 1.75. The van der Waals surface area contributed by atoms with Gasteiger partial charge < -0.3 is 29.2 Å². The van der Waals surface area contributed by atoms with Crippen molar-refractivity contribution in [3.8, 4) is 0 Å². The Balaban J connectivity index is 2.51. The SMILES string of the molecule is CC(O)OCCOC(=O)C(OCCOC(C)O)c1ccccc1. The first-order chi connectivity index (χ1) is 11.0. The minimum Gasteiger partial charge on any atom is -0.461 e. The number of carbonyl (C=O) groups is 1. The van der Waals surface area contributed by atoms with Gasteiger partial charge in [-0.2, -0.15) is 0 Å². The normalized spacial score (nSPS) is 15.0. The van der Waals surface area contributed by atoms with Gasteiger partial charge >= 0.3 is 5.97 Å². The highest BCUT2D eigenvalue weighted by molar-refractivity contribution is 5.76. The molecule has 0 heterocycles. The average Bonchev–Trinajstić information content (AvgIpc) is 2.51. The van der Waals surface area contributed by atoms with Crippen LogP contribution >= 0.6 is 0 Å². The lowest BCUT2D eigenvalue weighted by molar-refractivity contribution is -0.165. The molecule has 0 bridgehead atoms. The molecule has 0 saturated carbocycles. The molecule has 1 rings (SSSR count). The molecule has 0 aliphatic carbocycles. The molecule has 0 aromatic heterocycles. The van der Waals surface area contributed by atoms with Crippen LogP contribution in [0, 0.1) is 0 Å². The summed E-state index contributed by atoms with van der Waals surface area (Å²) in [6, 6.07) is 8.93. The van der Waals surface area contributed by atoms with Gasteiger partial charge in [0.2, 0.25) is 0 Å². The summed E-state index contributed by atoms with van der Waals surface area (Å²) in [6.45, 7) is 3.35. The topological polar surface area (TPSA) is 94.5 Å². The number of ether oxygens (including phenoxy) is 4. The highest BCUT2D eigenvalue weighted by Gasteiger charge is 2.23. The highest BCUT2D eigenvalue weighted by Crippen LogP contribution is 2.19. The van der Waals surface area contributed by atoms with Crippen molar-refractivity contribution < 1.29 is 34.0 Å². The Morgan fingerprint density at radius 3 is 2.00 bits per heavy atom. The maximum atomic E-state index is 12.2.